The van der Waals surface area contributed by atoms with Gasteiger partial charge in [-0.3, -0.25) is 4.79 Å². The van der Waals surface area contributed by atoms with Crippen molar-refractivity contribution in [2.45, 2.75) is 64.7 Å². The van der Waals surface area contributed by atoms with Gasteiger partial charge in [0.05, 0.1) is 7.11 Å². The normalized spacial score (nSPS) is 9.53. The molecule has 0 aliphatic rings. The van der Waals surface area contributed by atoms with Gasteiger partial charge in [-0.15, -0.1) is 5.73 Å². The fourth-order valence-corrected chi connectivity index (χ4v) is 1.57. The first-order valence-electron chi connectivity index (χ1n) is 6.77. The van der Waals surface area contributed by atoms with Crippen LogP contribution in [0.2, 0.25) is 0 Å². The molecule has 0 radical (unpaired) electrons. The molecule has 0 aromatic heterocycles. The molecule has 0 amide bonds. The highest BCUT2D eigenvalue weighted by Gasteiger charge is 1.94. The molecule has 98 valence electrons. The van der Waals surface area contributed by atoms with Crippen molar-refractivity contribution in [2.24, 2.45) is 0 Å². The van der Waals surface area contributed by atoms with Crippen LogP contribution in [0.25, 0.3) is 0 Å². The highest BCUT2D eigenvalue weighted by Crippen LogP contribution is 2.06. The SMILES string of the molecule is CCCCCCCCC=C=CCCC(=O)OC. The molecule has 0 aromatic carbocycles. The number of carbonyl (C=O) groups is 1. The monoisotopic (exact) mass is 238 g/mol. The summed E-state index contributed by atoms with van der Waals surface area (Å²) in [5.41, 5.74) is 3.11. The van der Waals surface area contributed by atoms with Crippen molar-refractivity contribution >= 4 is 5.97 Å². The fraction of sp³-hybridized carbons (Fsp3) is 0.733. The van der Waals surface area contributed by atoms with Crippen molar-refractivity contribution in [3.8, 4) is 0 Å². The first kappa shape index (κ1) is 16.0. The lowest BCUT2D eigenvalue weighted by Crippen LogP contribution is -1.97. The van der Waals surface area contributed by atoms with Gasteiger partial charge in [0, 0.05) is 6.42 Å². The molecule has 0 spiro atoms. The van der Waals surface area contributed by atoms with Gasteiger partial charge in [-0.05, 0) is 31.4 Å². The third-order valence-corrected chi connectivity index (χ3v) is 2.66. The highest BCUT2D eigenvalue weighted by molar-refractivity contribution is 5.69. The standard InChI is InChI=1S/C15H26O2/c1-3-4-5-6-7-8-9-10-11-12-13-14-15(16)17-2/h10,12H,3-9,13-14H2,1-2H3. The molecule has 2 heteroatoms. The van der Waals surface area contributed by atoms with Crippen molar-refractivity contribution in [2.75, 3.05) is 7.11 Å². The van der Waals surface area contributed by atoms with E-state index in [4.69, 9.17) is 0 Å². The minimum Gasteiger partial charge on any atom is -0.469 e. The number of methoxy groups -OCH3 is 1. The lowest BCUT2D eigenvalue weighted by molar-refractivity contribution is -0.140. The summed E-state index contributed by atoms with van der Waals surface area (Å²) in [7, 11) is 1.42. The molecular formula is C15H26O2. The lowest BCUT2D eigenvalue weighted by atomic mass is 10.1. The second kappa shape index (κ2) is 13.1. The fourth-order valence-electron chi connectivity index (χ4n) is 1.57. The predicted molar refractivity (Wildman–Crippen MR) is 71.9 cm³/mol. The van der Waals surface area contributed by atoms with Crippen LogP contribution in [-0.4, -0.2) is 13.1 Å². The Balaban J connectivity index is 3.29. The highest BCUT2D eigenvalue weighted by atomic mass is 16.5. The van der Waals surface area contributed by atoms with Gasteiger partial charge in [-0.25, -0.2) is 0 Å². The van der Waals surface area contributed by atoms with Crippen LogP contribution in [0.1, 0.15) is 64.7 Å². The van der Waals surface area contributed by atoms with Gasteiger partial charge in [0.25, 0.3) is 0 Å². The van der Waals surface area contributed by atoms with E-state index in [-0.39, 0.29) is 5.97 Å². The zero-order valence-electron chi connectivity index (χ0n) is 11.3. The molecule has 0 aromatic rings. The van der Waals surface area contributed by atoms with Gasteiger partial charge in [0.15, 0.2) is 0 Å². The number of rotatable bonds is 10. The third-order valence-electron chi connectivity index (χ3n) is 2.66. The second-order valence-electron chi connectivity index (χ2n) is 4.25. The molecular weight excluding hydrogens is 212 g/mol. The van der Waals surface area contributed by atoms with E-state index in [1.54, 1.807) is 0 Å². The summed E-state index contributed by atoms with van der Waals surface area (Å²) in [5, 5.41) is 0. The summed E-state index contributed by atoms with van der Waals surface area (Å²) < 4.78 is 4.55. The maximum atomic E-state index is 10.8. The van der Waals surface area contributed by atoms with Crippen LogP contribution < -0.4 is 0 Å². The van der Waals surface area contributed by atoms with Crippen molar-refractivity contribution in [3.05, 3.63) is 17.9 Å². The summed E-state index contributed by atoms with van der Waals surface area (Å²) in [6.45, 7) is 2.24. The van der Waals surface area contributed by atoms with Crippen LogP contribution in [0, 0.1) is 0 Å². The smallest absolute Gasteiger partial charge is 0.305 e. The molecule has 0 rings (SSSR count). The van der Waals surface area contributed by atoms with E-state index in [1.807, 2.05) is 6.08 Å². The van der Waals surface area contributed by atoms with Crippen LogP contribution in [0.5, 0.6) is 0 Å². The van der Waals surface area contributed by atoms with Gasteiger partial charge in [0.1, 0.15) is 0 Å². The largest absolute Gasteiger partial charge is 0.469 e. The summed E-state index contributed by atoms with van der Waals surface area (Å²) in [6.07, 6.45) is 14.2. The molecule has 0 saturated carbocycles. The number of esters is 1. The molecule has 0 unspecified atom stereocenters. The Hall–Kier alpha value is -1.01. The van der Waals surface area contributed by atoms with E-state index in [2.05, 4.69) is 23.5 Å². The van der Waals surface area contributed by atoms with Crippen LogP contribution in [-0.2, 0) is 9.53 Å². The zero-order chi connectivity index (χ0) is 12.8. The summed E-state index contributed by atoms with van der Waals surface area (Å²) >= 11 is 0. The van der Waals surface area contributed by atoms with Gasteiger partial charge in [0.2, 0.25) is 0 Å². The maximum absolute atomic E-state index is 10.8. The first-order valence-corrected chi connectivity index (χ1v) is 6.77. The molecule has 0 saturated heterocycles. The average molecular weight is 238 g/mol. The van der Waals surface area contributed by atoms with Crippen molar-refractivity contribution in [1.29, 1.82) is 0 Å². The Kier molecular flexibility index (Phi) is 12.3. The average Bonchev–Trinajstić information content (AvgIpc) is 2.35. The van der Waals surface area contributed by atoms with Crippen LogP contribution in [0.3, 0.4) is 0 Å². The molecule has 0 aliphatic carbocycles. The molecule has 0 aliphatic heterocycles. The zero-order valence-corrected chi connectivity index (χ0v) is 11.3. The van der Waals surface area contributed by atoms with Crippen molar-refractivity contribution < 1.29 is 9.53 Å². The molecule has 0 N–H and O–H groups in total. The van der Waals surface area contributed by atoms with E-state index in [9.17, 15) is 4.79 Å². The molecule has 17 heavy (non-hydrogen) atoms. The Bertz CT molecular complexity index is 237. The molecule has 0 heterocycles. The maximum Gasteiger partial charge on any atom is 0.305 e. The minimum absolute atomic E-state index is 0.154. The van der Waals surface area contributed by atoms with Gasteiger partial charge < -0.3 is 4.74 Å². The quantitative estimate of drug-likeness (QED) is 0.320. The minimum atomic E-state index is -0.154. The van der Waals surface area contributed by atoms with E-state index in [1.165, 1.54) is 45.6 Å². The van der Waals surface area contributed by atoms with Gasteiger partial charge >= 0.3 is 5.97 Å². The summed E-state index contributed by atoms with van der Waals surface area (Å²) in [5.74, 6) is -0.154. The molecule has 0 bridgehead atoms. The van der Waals surface area contributed by atoms with Gasteiger partial charge in [-0.1, -0.05) is 39.0 Å². The second-order valence-corrected chi connectivity index (χ2v) is 4.25. The number of hydrogen-bond acceptors (Lipinski definition) is 2. The van der Waals surface area contributed by atoms with E-state index >= 15 is 0 Å². The summed E-state index contributed by atoms with van der Waals surface area (Å²) in [6, 6.07) is 0. The number of allylic oxidation sites excluding steroid dienone is 1. The van der Waals surface area contributed by atoms with E-state index in [0.29, 0.717) is 6.42 Å². The number of hydrogen-bond donors (Lipinski definition) is 0. The molecule has 2 nitrogen and oxygen atoms in total. The number of carbonyl (C=O) groups excluding carboxylic acids is 1. The third kappa shape index (κ3) is 12.9. The summed E-state index contributed by atoms with van der Waals surface area (Å²) in [4.78, 5) is 10.8. The topological polar surface area (TPSA) is 26.3 Å². The van der Waals surface area contributed by atoms with Crippen LogP contribution >= 0.6 is 0 Å². The molecule has 0 fully saturated rings. The van der Waals surface area contributed by atoms with Crippen molar-refractivity contribution in [1.82, 2.24) is 0 Å². The Morgan fingerprint density at radius 2 is 1.71 bits per heavy atom. The Morgan fingerprint density at radius 3 is 2.41 bits per heavy atom. The van der Waals surface area contributed by atoms with Crippen molar-refractivity contribution in [3.63, 3.8) is 0 Å². The predicted octanol–water partition coefficient (Wildman–Crippen LogP) is 4.40. The van der Waals surface area contributed by atoms with E-state index in [0.717, 1.165) is 12.8 Å². The Morgan fingerprint density at radius 1 is 1.06 bits per heavy atom. The van der Waals surface area contributed by atoms with Crippen LogP contribution in [0.15, 0.2) is 17.9 Å². The Labute approximate surface area is 106 Å². The lowest BCUT2D eigenvalue weighted by Gasteiger charge is -1.96. The number of ether oxygens (including phenoxy) is 1. The van der Waals surface area contributed by atoms with Gasteiger partial charge in [-0.2, -0.15) is 0 Å². The number of unbranched alkanes of at least 4 members (excludes halogenated alkanes) is 6. The first-order chi connectivity index (χ1) is 8.31. The van der Waals surface area contributed by atoms with Crippen LogP contribution in [0.4, 0.5) is 0 Å². The van der Waals surface area contributed by atoms with E-state index < -0.39 is 0 Å². The molecule has 0 atom stereocenters.